The van der Waals surface area contributed by atoms with Crippen LogP contribution >= 0.6 is 0 Å². The van der Waals surface area contributed by atoms with E-state index in [2.05, 4.69) is 9.47 Å². The number of ether oxygens (including phenoxy) is 2. The maximum atomic E-state index is 12.1. The van der Waals surface area contributed by atoms with Crippen LogP contribution in [0.2, 0.25) is 0 Å². The van der Waals surface area contributed by atoms with Gasteiger partial charge in [-0.05, 0) is 11.6 Å². The van der Waals surface area contributed by atoms with Crippen LogP contribution in [0.3, 0.4) is 0 Å². The van der Waals surface area contributed by atoms with Crippen molar-refractivity contribution in [3.63, 3.8) is 0 Å². The molecule has 18 heavy (non-hydrogen) atoms. The third-order valence-corrected chi connectivity index (χ3v) is 2.14. The maximum absolute atomic E-state index is 12.1. The number of hydrogen-bond acceptors (Lipinski definition) is 4. The largest absolute Gasteiger partial charge is 0.573 e. The highest BCUT2D eigenvalue weighted by Gasteiger charge is 2.32. The molecule has 1 aromatic rings. The summed E-state index contributed by atoms with van der Waals surface area (Å²) in [6.45, 7) is 0. The van der Waals surface area contributed by atoms with Gasteiger partial charge in [-0.25, -0.2) is 0 Å². The van der Waals surface area contributed by atoms with Gasteiger partial charge in [0, 0.05) is 6.42 Å². The van der Waals surface area contributed by atoms with Gasteiger partial charge >= 0.3 is 12.3 Å². The Kier molecular flexibility index (Phi) is 4.55. The Morgan fingerprint density at radius 1 is 1.39 bits per heavy atom. The highest BCUT2D eigenvalue weighted by molar-refractivity contribution is 5.75. The summed E-state index contributed by atoms with van der Waals surface area (Å²) in [5, 5.41) is 0. The third kappa shape index (κ3) is 4.25. The van der Waals surface area contributed by atoms with Crippen molar-refractivity contribution in [1.82, 2.24) is 0 Å². The van der Waals surface area contributed by atoms with Crippen LogP contribution in [0.25, 0.3) is 0 Å². The molecule has 0 aliphatic rings. The summed E-state index contributed by atoms with van der Waals surface area (Å²) in [6, 6.07) is 4.46. The predicted molar refractivity (Wildman–Crippen MR) is 56.8 cm³/mol. The minimum atomic E-state index is -4.79. The van der Waals surface area contributed by atoms with Crippen LogP contribution in [-0.4, -0.2) is 25.5 Å². The van der Waals surface area contributed by atoms with E-state index in [9.17, 15) is 18.0 Å². The topological polar surface area (TPSA) is 61.5 Å². The number of nitrogens with two attached hydrogens (primary N) is 1. The second-order valence-electron chi connectivity index (χ2n) is 3.49. The van der Waals surface area contributed by atoms with Crippen molar-refractivity contribution in [3.8, 4) is 5.75 Å². The van der Waals surface area contributed by atoms with Crippen LogP contribution in [-0.2, 0) is 16.0 Å². The molecule has 0 aliphatic heterocycles. The number of carbonyl (C=O) groups excluding carboxylic acids is 1. The molecule has 0 amide bonds. The molecule has 0 unspecified atom stereocenters. The second-order valence-corrected chi connectivity index (χ2v) is 3.49. The van der Waals surface area contributed by atoms with E-state index in [1.807, 2.05) is 0 Å². The van der Waals surface area contributed by atoms with Gasteiger partial charge in [0.15, 0.2) is 0 Å². The van der Waals surface area contributed by atoms with Crippen LogP contribution in [0.15, 0.2) is 24.3 Å². The van der Waals surface area contributed by atoms with Crippen molar-refractivity contribution in [2.45, 2.75) is 18.8 Å². The van der Waals surface area contributed by atoms with Crippen molar-refractivity contribution in [2.75, 3.05) is 7.11 Å². The summed E-state index contributed by atoms with van der Waals surface area (Å²) in [4.78, 5) is 11.1. The van der Waals surface area contributed by atoms with Crippen molar-refractivity contribution in [1.29, 1.82) is 0 Å². The van der Waals surface area contributed by atoms with Crippen molar-refractivity contribution >= 4 is 5.97 Å². The Morgan fingerprint density at radius 3 is 2.56 bits per heavy atom. The average molecular weight is 263 g/mol. The first-order valence-corrected chi connectivity index (χ1v) is 5.00. The minimum absolute atomic E-state index is 0.0983. The molecule has 100 valence electrons. The lowest BCUT2D eigenvalue weighted by atomic mass is 10.1. The van der Waals surface area contributed by atoms with Crippen LogP contribution < -0.4 is 10.5 Å². The number of para-hydroxylation sites is 1. The number of methoxy groups -OCH3 is 1. The fraction of sp³-hybridized carbons (Fsp3) is 0.364. The number of benzene rings is 1. The summed E-state index contributed by atoms with van der Waals surface area (Å²) < 4.78 is 44.7. The molecule has 1 rings (SSSR count). The van der Waals surface area contributed by atoms with Gasteiger partial charge in [-0.3, -0.25) is 4.79 Å². The number of hydrogen-bond donors (Lipinski definition) is 1. The number of rotatable bonds is 4. The van der Waals surface area contributed by atoms with Crippen LogP contribution in [0.1, 0.15) is 5.56 Å². The van der Waals surface area contributed by atoms with E-state index < -0.39 is 18.4 Å². The van der Waals surface area contributed by atoms with Crippen molar-refractivity contribution in [3.05, 3.63) is 29.8 Å². The molecular formula is C11H12F3NO3. The molecule has 1 aromatic carbocycles. The molecule has 1 atom stereocenters. The summed E-state index contributed by atoms with van der Waals surface area (Å²) in [5.74, 6) is -1.07. The summed E-state index contributed by atoms with van der Waals surface area (Å²) in [6.07, 6.45) is -4.88. The molecule has 4 nitrogen and oxygen atoms in total. The molecule has 0 fully saturated rings. The summed E-state index contributed by atoms with van der Waals surface area (Å²) >= 11 is 0. The Hall–Kier alpha value is -1.76. The predicted octanol–water partition coefficient (Wildman–Crippen LogP) is 1.63. The Labute approximate surface area is 101 Å². The van der Waals surface area contributed by atoms with Gasteiger partial charge in [0.05, 0.1) is 7.11 Å². The lowest BCUT2D eigenvalue weighted by Gasteiger charge is -2.15. The molecule has 0 saturated carbocycles. The summed E-state index contributed by atoms with van der Waals surface area (Å²) in [5.41, 5.74) is 5.67. The fourth-order valence-corrected chi connectivity index (χ4v) is 1.37. The highest BCUT2D eigenvalue weighted by atomic mass is 19.4. The molecule has 7 heteroatoms. The van der Waals surface area contributed by atoms with Gasteiger partial charge in [0.2, 0.25) is 0 Å². The Balaban J connectivity index is 2.85. The number of halogens is 3. The first-order chi connectivity index (χ1) is 8.33. The van der Waals surface area contributed by atoms with E-state index in [1.54, 1.807) is 0 Å². The molecule has 0 spiro atoms. The minimum Gasteiger partial charge on any atom is -0.468 e. The van der Waals surface area contributed by atoms with Crippen molar-refractivity contribution < 1.29 is 27.4 Å². The monoisotopic (exact) mass is 263 g/mol. The smallest absolute Gasteiger partial charge is 0.468 e. The van der Waals surface area contributed by atoms with E-state index in [0.717, 1.165) is 13.2 Å². The van der Waals surface area contributed by atoms with E-state index in [4.69, 9.17) is 5.73 Å². The van der Waals surface area contributed by atoms with E-state index >= 15 is 0 Å². The van der Waals surface area contributed by atoms with Crippen molar-refractivity contribution in [2.24, 2.45) is 5.73 Å². The van der Waals surface area contributed by atoms with Crippen LogP contribution in [0, 0.1) is 0 Å². The zero-order valence-corrected chi connectivity index (χ0v) is 9.53. The number of alkyl halides is 3. The van der Waals surface area contributed by atoms with Gasteiger partial charge in [0.25, 0.3) is 0 Å². The molecule has 0 aliphatic carbocycles. The second kappa shape index (κ2) is 5.72. The normalized spacial score (nSPS) is 12.9. The molecule has 0 radical (unpaired) electrons. The highest BCUT2D eigenvalue weighted by Crippen LogP contribution is 2.26. The first-order valence-electron chi connectivity index (χ1n) is 5.00. The Morgan fingerprint density at radius 2 is 2.00 bits per heavy atom. The molecule has 0 aromatic heterocycles. The van der Waals surface area contributed by atoms with Crippen LogP contribution in [0.5, 0.6) is 5.75 Å². The molecule has 2 N–H and O–H groups in total. The zero-order valence-electron chi connectivity index (χ0n) is 9.53. The number of esters is 1. The first kappa shape index (κ1) is 14.3. The number of carbonyl (C=O) groups is 1. The quantitative estimate of drug-likeness (QED) is 0.839. The van der Waals surface area contributed by atoms with Gasteiger partial charge < -0.3 is 15.2 Å². The average Bonchev–Trinajstić information content (AvgIpc) is 2.28. The maximum Gasteiger partial charge on any atom is 0.573 e. The van der Waals surface area contributed by atoms with E-state index in [1.165, 1.54) is 18.2 Å². The molecule has 0 heterocycles. The van der Waals surface area contributed by atoms with Gasteiger partial charge in [-0.1, -0.05) is 18.2 Å². The van der Waals surface area contributed by atoms with Gasteiger partial charge in [-0.15, -0.1) is 13.2 Å². The fourth-order valence-electron chi connectivity index (χ4n) is 1.37. The van der Waals surface area contributed by atoms with Gasteiger partial charge in [-0.2, -0.15) is 0 Å². The lowest BCUT2D eigenvalue weighted by Crippen LogP contribution is -2.34. The third-order valence-electron chi connectivity index (χ3n) is 2.14. The van der Waals surface area contributed by atoms with Crippen LogP contribution in [0.4, 0.5) is 13.2 Å². The summed E-state index contributed by atoms with van der Waals surface area (Å²) in [7, 11) is 1.15. The molecular weight excluding hydrogens is 251 g/mol. The Bertz CT molecular complexity index is 420. The molecule has 0 bridgehead atoms. The molecule has 0 saturated heterocycles. The standard InChI is InChI=1S/C11H12F3NO3/c1-17-10(16)8(15)6-7-4-2-3-5-9(7)18-11(12,13)14/h2-5,8H,6,15H2,1H3/t8-/m1/s1. The van der Waals surface area contributed by atoms with E-state index in [0.29, 0.717) is 0 Å². The zero-order chi connectivity index (χ0) is 13.8. The van der Waals surface area contributed by atoms with E-state index in [-0.39, 0.29) is 17.7 Å². The van der Waals surface area contributed by atoms with Gasteiger partial charge in [0.1, 0.15) is 11.8 Å². The lowest BCUT2D eigenvalue weighted by molar-refractivity contribution is -0.274. The SMILES string of the molecule is COC(=O)[C@H](N)Cc1ccccc1OC(F)(F)F.